The van der Waals surface area contributed by atoms with Gasteiger partial charge < -0.3 is 15.7 Å². The standard InChI is InChI=1S/C15H28N2O2/c1-11-6-7-14(16)13(10-11)15(19)17-8-2-4-12(17)5-3-9-18/h11-14,18H,2-10,16H2,1H3. The van der Waals surface area contributed by atoms with Gasteiger partial charge in [-0.15, -0.1) is 0 Å². The second-order valence-corrected chi connectivity index (χ2v) is 6.38. The van der Waals surface area contributed by atoms with Gasteiger partial charge in [0.1, 0.15) is 0 Å². The SMILES string of the molecule is CC1CCC(N)C(C(=O)N2CCCC2CCCO)C1. The molecule has 1 aliphatic carbocycles. The first kappa shape index (κ1) is 14.8. The summed E-state index contributed by atoms with van der Waals surface area (Å²) in [6, 6.07) is 0.381. The zero-order chi connectivity index (χ0) is 13.8. The Bertz CT molecular complexity index is 309. The molecule has 0 spiro atoms. The zero-order valence-corrected chi connectivity index (χ0v) is 12.1. The summed E-state index contributed by atoms with van der Waals surface area (Å²) in [7, 11) is 0. The van der Waals surface area contributed by atoms with E-state index < -0.39 is 0 Å². The van der Waals surface area contributed by atoms with Crippen LogP contribution in [-0.4, -0.2) is 41.1 Å². The number of likely N-dealkylation sites (tertiary alicyclic amines) is 1. The minimum atomic E-state index is 0.0264. The molecule has 2 fully saturated rings. The second kappa shape index (κ2) is 6.71. The molecule has 4 atom stereocenters. The van der Waals surface area contributed by atoms with Crippen LogP contribution in [0.2, 0.25) is 0 Å². The molecule has 1 amide bonds. The molecule has 0 aromatic rings. The van der Waals surface area contributed by atoms with E-state index in [4.69, 9.17) is 10.8 Å². The third-order valence-corrected chi connectivity index (χ3v) is 4.84. The zero-order valence-electron chi connectivity index (χ0n) is 12.1. The van der Waals surface area contributed by atoms with Crippen molar-refractivity contribution in [2.45, 2.75) is 64.0 Å². The molecule has 2 rings (SSSR count). The molecule has 3 N–H and O–H groups in total. The van der Waals surface area contributed by atoms with E-state index in [0.717, 1.165) is 51.5 Å². The summed E-state index contributed by atoms with van der Waals surface area (Å²) in [4.78, 5) is 14.8. The number of amides is 1. The van der Waals surface area contributed by atoms with E-state index in [9.17, 15) is 4.79 Å². The molecule has 1 saturated carbocycles. The third kappa shape index (κ3) is 3.48. The molecule has 4 heteroatoms. The highest BCUT2D eigenvalue weighted by atomic mass is 16.3. The molecular formula is C15H28N2O2. The van der Waals surface area contributed by atoms with Gasteiger partial charge in [-0.05, 0) is 50.9 Å². The predicted octanol–water partition coefficient (Wildman–Crippen LogP) is 1.51. The van der Waals surface area contributed by atoms with Crippen molar-refractivity contribution in [3.8, 4) is 0 Å². The van der Waals surface area contributed by atoms with E-state index in [1.54, 1.807) is 0 Å². The van der Waals surface area contributed by atoms with Crippen LogP contribution in [0, 0.1) is 11.8 Å². The van der Waals surface area contributed by atoms with Crippen LogP contribution in [0.3, 0.4) is 0 Å². The fourth-order valence-electron chi connectivity index (χ4n) is 3.65. The number of aliphatic hydroxyl groups excluding tert-OH is 1. The highest BCUT2D eigenvalue weighted by molar-refractivity contribution is 5.80. The lowest BCUT2D eigenvalue weighted by Crippen LogP contribution is -2.48. The summed E-state index contributed by atoms with van der Waals surface area (Å²) >= 11 is 0. The lowest BCUT2D eigenvalue weighted by molar-refractivity contribution is -0.138. The summed E-state index contributed by atoms with van der Waals surface area (Å²) in [6.45, 7) is 3.32. The molecule has 0 aromatic carbocycles. The van der Waals surface area contributed by atoms with Crippen LogP contribution in [0.1, 0.15) is 51.9 Å². The van der Waals surface area contributed by atoms with Crippen molar-refractivity contribution >= 4 is 5.91 Å². The number of hydrogen-bond acceptors (Lipinski definition) is 3. The van der Waals surface area contributed by atoms with Crippen LogP contribution in [0.4, 0.5) is 0 Å². The quantitative estimate of drug-likeness (QED) is 0.812. The van der Waals surface area contributed by atoms with Gasteiger partial charge in [0.25, 0.3) is 0 Å². The first-order valence-corrected chi connectivity index (χ1v) is 7.80. The van der Waals surface area contributed by atoms with Crippen molar-refractivity contribution in [1.82, 2.24) is 4.90 Å². The lowest BCUT2D eigenvalue weighted by atomic mass is 9.78. The minimum Gasteiger partial charge on any atom is -0.396 e. The molecule has 1 aliphatic heterocycles. The van der Waals surface area contributed by atoms with Gasteiger partial charge in [-0.25, -0.2) is 0 Å². The van der Waals surface area contributed by atoms with Crippen molar-refractivity contribution in [1.29, 1.82) is 0 Å². The number of hydrogen-bond donors (Lipinski definition) is 2. The van der Waals surface area contributed by atoms with Crippen molar-refractivity contribution in [3.05, 3.63) is 0 Å². The van der Waals surface area contributed by atoms with Crippen molar-refractivity contribution < 1.29 is 9.90 Å². The van der Waals surface area contributed by atoms with Crippen molar-refractivity contribution in [3.63, 3.8) is 0 Å². The molecular weight excluding hydrogens is 240 g/mol. The predicted molar refractivity (Wildman–Crippen MR) is 75.5 cm³/mol. The lowest BCUT2D eigenvalue weighted by Gasteiger charge is -2.36. The first-order valence-electron chi connectivity index (χ1n) is 7.80. The van der Waals surface area contributed by atoms with Gasteiger partial charge in [0, 0.05) is 25.2 Å². The Kier molecular flexibility index (Phi) is 5.22. The average Bonchev–Trinajstić information content (AvgIpc) is 2.86. The Morgan fingerprint density at radius 3 is 2.89 bits per heavy atom. The molecule has 0 bridgehead atoms. The molecule has 110 valence electrons. The third-order valence-electron chi connectivity index (χ3n) is 4.84. The Labute approximate surface area is 116 Å². The molecule has 0 radical (unpaired) electrons. The topological polar surface area (TPSA) is 66.6 Å². The van der Waals surface area contributed by atoms with E-state index in [0.29, 0.717) is 12.0 Å². The van der Waals surface area contributed by atoms with Gasteiger partial charge in [0.05, 0.1) is 5.92 Å². The molecule has 4 nitrogen and oxygen atoms in total. The van der Waals surface area contributed by atoms with Gasteiger partial charge in [-0.2, -0.15) is 0 Å². The number of carbonyl (C=O) groups excluding carboxylic acids is 1. The summed E-state index contributed by atoms with van der Waals surface area (Å²) < 4.78 is 0. The molecule has 1 heterocycles. The Hall–Kier alpha value is -0.610. The van der Waals surface area contributed by atoms with Crippen LogP contribution < -0.4 is 5.73 Å². The number of nitrogens with two attached hydrogens (primary N) is 1. The van der Waals surface area contributed by atoms with Gasteiger partial charge >= 0.3 is 0 Å². The maximum absolute atomic E-state index is 12.7. The van der Waals surface area contributed by atoms with Gasteiger partial charge in [-0.1, -0.05) is 6.92 Å². The van der Waals surface area contributed by atoms with E-state index in [1.165, 1.54) is 0 Å². The normalized spacial score (nSPS) is 35.6. The van der Waals surface area contributed by atoms with Gasteiger partial charge in [0.2, 0.25) is 5.91 Å². The van der Waals surface area contributed by atoms with Crippen molar-refractivity contribution in [2.24, 2.45) is 17.6 Å². The van der Waals surface area contributed by atoms with Crippen LogP contribution in [-0.2, 0) is 4.79 Å². The van der Waals surface area contributed by atoms with E-state index in [1.807, 2.05) is 0 Å². The highest BCUT2D eigenvalue weighted by Gasteiger charge is 2.37. The average molecular weight is 268 g/mol. The van der Waals surface area contributed by atoms with E-state index in [-0.39, 0.29) is 24.5 Å². The van der Waals surface area contributed by atoms with Gasteiger partial charge in [0.15, 0.2) is 0 Å². The monoisotopic (exact) mass is 268 g/mol. The molecule has 0 aromatic heterocycles. The molecule has 4 unspecified atom stereocenters. The maximum Gasteiger partial charge on any atom is 0.227 e. The summed E-state index contributed by atoms with van der Waals surface area (Å²) in [6.07, 6.45) is 6.98. The molecule has 2 aliphatic rings. The van der Waals surface area contributed by atoms with Crippen LogP contribution in [0.5, 0.6) is 0 Å². The summed E-state index contributed by atoms with van der Waals surface area (Å²) in [5.74, 6) is 0.921. The van der Waals surface area contributed by atoms with Crippen LogP contribution >= 0.6 is 0 Å². The van der Waals surface area contributed by atoms with Gasteiger partial charge in [-0.3, -0.25) is 4.79 Å². The molecule has 19 heavy (non-hydrogen) atoms. The van der Waals surface area contributed by atoms with Crippen LogP contribution in [0.25, 0.3) is 0 Å². The number of carbonyl (C=O) groups is 1. The van der Waals surface area contributed by atoms with Crippen LogP contribution in [0.15, 0.2) is 0 Å². The number of nitrogens with zero attached hydrogens (tertiary/aromatic N) is 1. The minimum absolute atomic E-state index is 0.0264. The van der Waals surface area contributed by atoms with E-state index in [2.05, 4.69) is 11.8 Å². The molecule has 1 saturated heterocycles. The largest absolute Gasteiger partial charge is 0.396 e. The smallest absolute Gasteiger partial charge is 0.227 e. The first-order chi connectivity index (χ1) is 9.13. The Morgan fingerprint density at radius 1 is 1.37 bits per heavy atom. The van der Waals surface area contributed by atoms with Crippen molar-refractivity contribution in [2.75, 3.05) is 13.2 Å². The fraction of sp³-hybridized carbons (Fsp3) is 0.933. The summed E-state index contributed by atoms with van der Waals surface area (Å²) in [5.41, 5.74) is 6.17. The number of rotatable bonds is 4. The summed E-state index contributed by atoms with van der Waals surface area (Å²) in [5, 5.41) is 8.95. The maximum atomic E-state index is 12.7. The highest BCUT2D eigenvalue weighted by Crippen LogP contribution is 2.32. The Balaban J connectivity index is 1.97. The Morgan fingerprint density at radius 2 is 2.16 bits per heavy atom. The van der Waals surface area contributed by atoms with E-state index >= 15 is 0 Å². The number of aliphatic hydroxyl groups is 1. The fourth-order valence-corrected chi connectivity index (χ4v) is 3.65. The second-order valence-electron chi connectivity index (χ2n) is 6.38.